The molecule has 1 aromatic carbocycles. The quantitative estimate of drug-likeness (QED) is 0.216. The zero-order valence-corrected chi connectivity index (χ0v) is 24.5. The van der Waals surface area contributed by atoms with Crippen LogP contribution in [-0.2, 0) is 38.1 Å². The van der Waals surface area contributed by atoms with Crippen molar-refractivity contribution in [3.8, 4) is 0 Å². The van der Waals surface area contributed by atoms with Crippen molar-refractivity contribution in [2.45, 2.75) is 38.7 Å². The second kappa shape index (κ2) is 16.1. The Kier molecular flexibility index (Phi) is 14.3. The van der Waals surface area contributed by atoms with Gasteiger partial charge in [0, 0.05) is 22.5 Å². The largest absolute Gasteiger partial charge is 0.428 e. The van der Waals surface area contributed by atoms with E-state index in [1.165, 1.54) is 13.1 Å². The molecular formula is C26H36ClF2NO9S. The molecule has 10 nitrogen and oxygen atoms in total. The number of hydrogen-bond acceptors (Lipinski definition) is 11. The Morgan fingerprint density at radius 1 is 0.850 bits per heavy atom. The number of ether oxygens (including phenoxy) is 4. The molecule has 2 aliphatic carbocycles. The molecule has 40 heavy (non-hydrogen) atoms. The van der Waals surface area contributed by atoms with Crippen molar-refractivity contribution >= 4 is 48.0 Å². The van der Waals surface area contributed by atoms with Crippen LogP contribution >= 0.6 is 24.2 Å². The number of fused-ring (bicyclic) bond motifs is 1. The molecule has 14 heteroatoms. The van der Waals surface area contributed by atoms with Crippen molar-refractivity contribution in [3.05, 3.63) is 29.8 Å². The molecule has 0 saturated heterocycles. The van der Waals surface area contributed by atoms with Gasteiger partial charge in [-0.2, -0.15) is 0 Å². The number of esters is 4. The van der Waals surface area contributed by atoms with Crippen LogP contribution in [0.15, 0.2) is 23.1 Å². The van der Waals surface area contributed by atoms with Crippen LogP contribution in [0.4, 0.5) is 8.78 Å². The SMILES string of the molecule is CC(C)C(=O)OCOC(=O)[C@@H]1[C@H](CSc2ccc(F)c(F)c2)[C@@H](O)[C@H]2[C@H](C(=O)OCOC(=O)C(C)C)[C@@H]12.CN.Cl. The monoisotopic (exact) mass is 611 g/mol. The van der Waals surface area contributed by atoms with E-state index in [0.29, 0.717) is 4.90 Å². The molecule has 0 aliphatic heterocycles. The van der Waals surface area contributed by atoms with Gasteiger partial charge in [0.25, 0.3) is 0 Å². The van der Waals surface area contributed by atoms with E-state index < -0.39 is 96.6 Å². The third-order valence-corrected chi connectivity index (χ3v) is 7.61. The minimum absolute atomic E-state index is 0. The highest BCUT2D eigenvalue weighted by Gasteiger charge is 2.72. The first-order valence-corrected chi connectivity index (χ1v) is 13.4. The van der Waals surface area contributed by atoms with Gasteiger partial charge in [0.15, 0.2) is 11.6 Å². The van der Waals surface area contributed by atoms with Gasteiger partial charge in [-0.25, -0.2) is 8.78 Å². The maximum Gasteiger partial charge on any atom is 0.312 e. The Balaban J connectivity index is 0.00000261. The van der Waals surface area contributed by atoms with Crippen molar-refractivity contribution in [1.29, 1.82) is 0 Å². The van der Waals surface area contributed by atoms with Gasteiger partial charge in [-0.05, 0) is 31.2 Å². The predicted octanol–water partition coefficient (Wildman–Crippen LogP) is 2.92. The number of nitrogens with two attached hydrogens (primary N) is 1. The number of carbonyl (C=O) groups excluding carboxylic acids is 4. The Bertz CT molecular complexity index is 1050. The first-order valence-electron chi connectivity index (χ1n) is 12.4. The number of carbonyl (C=O) groups is 4. The summed E-state index contributed by atoms with van der Waals surface area (Å²) in [6, 6.07) is 3.37. The van der Waals surface area contributed by atoms with Crippen LogP contribution in [0.2, 0.25) is 0 Å². The third-order valence-electron chi connectivity index (χ3n) is 6.47. The molecule has 0 radical (unpaired) electrons. The van der Waals surface area contributed by atoms with Gasteiger partial charge >= 0.3 is 23.9 Å². The molecule has 2 fully saturated rings. The topological polar surface area (TPSA) is 151 Å². The number of halogens is 3. The zero-order valence-electron chi connectivity index (χ0n) is 22.8. The summed E-state index contributed by atoms with van der Waals surface area (Å²) in [7, 11) is 1.50. The highest BCUT2D eigenvalue weighted by molar-refractivity contribution is 7.99. The Morgan fingerprint density at radius 3 is 1.82 bits per heavy atom. The maximum absolute atomic E-state index is 13.6. The average Bonchev–Trinajstić information content (AvgIpc) is 3.56. The molecule has 0 aromatic heterocycles. The van der Waals surface area contributed by atoms with Crippen molar-refractivity contribution in [2.24, 2.45) is 47.2 Å². The van der Waals surface area contributed by atoms with E-state index in [9.17, 15) is 33.1 Å². The summed E-state index contributed by atoms with van der Waals surface area (Å²) in [5.74, 6) is -8.92. The standard InChI is InChI=1S/C25H30F2O9S.CH5N.ClH/c1-11(2)22(29)33-9-35-24(31)17-14(8-37-13-5-6-15(26)16(27)7-13)21(28)19-18(17)20(19)25(32)36-10-34-23(30)12(3)4;1-2;/h5-7,11-12,14,17-21,28H,8-10H2,1-4H3;2H2,1H3;1H/t14-,17+,18-,19+,20+,21+;;/m0../s1. The summed E-state index contributed by atoms with van der Waals surface area (Å²) in [5, 5.41) is 11.0. The fourth-order valence-electron chi connectivity index (χ4n) is 4.47. The molecule has 6 atom stereocenters. The minimum atomic E-state index is -1.09. The number of rotatable bonds is 11. The van der Waals surface area contributed by atoms with Gasteiger partial charge in [0.1, 0.15) is 0 Å². The van der Waals surface area contributed by atoms with Gasteiger partial charge in [0.2, 0.25) is 13.6 Å². The van der Waals surface area contributed by atoms with Gasteiger partial charge < -0.3 is 29.8 Å². The van der Waals surface area contributed by atoms with Crippen LogP contribution in [0.25, 0.3) is 0 Å². The summed E-state index contributed by atoms with van der Waals surface area (Å²) in [5.41, 5.74) is 4.50. The number of thioether (sulfide) groups is 1. The lowest BCUT2D eigenvalue weighted by Gasteiger charge is -2.25. The summed E-state index contributed by atoms with van der Waals surface area (Å²) in [4.78, 5) is 49.2. The van der Waals surface area contributed by atoms with Crippen molar-refractivity contribution in [3.63, 3.8) is 0 Å². The highest BCUT2D eigenvalue weighted by Crippen LogP contribution is 2.64. The molecule has 1 aromatic rings. The second-order valence-corrected chi connectivity index (χ2v) is 10.7. The summed E-state index contributed by atoms with van der Waals surface area (Å²) in [6.07, 6.45) is -1.09. The smallest absolute Gasteiger partial charge is 0.312 e. The van der Waals surface area contributed by atoms with Gasteiger partial charge in [-0.15, -0.1) is 24.2 Å². The zero-order chi connectivity index (χ0) is 29.4. The van der Waals surface area contributed by atoms with Crippen LogP contribution in [0.5, 0.6) is 0 Å². The molecule has 0 unspecified atom stereocenters. The van der Waals surface area contributed by atoms with Crippen molar-refractivity contribution in [1.82, 2.24) is 0 Å². The average molecular weight is 612 g/mol. The summed E-state index contributed by atoms with van der Waals surface area (Å²) in [6.45, 7) is 5.28. The highest BCUT2D eigenvalue weighted by atomic mass is 35.5. The molecule has 0 amide bonds. The fourth-order valence-corrected chi connectivity index (χ4v) is 5.61. The first kappa shape index (κ1) is 35.5. The maximum atomic E-state index is 13.6. The van der Waals surface area contributed by atoms with E-state index in [1.807, 2.05) is 0 Å². The summed E-state index contributed by atoms with van der Waals surface area (Å²) < 4.78 is 46.8. The van der Waals surface area contributed by atoms with Gasteiger partial charge in [0.05, 0.1) is 29.8 Å². The lowest BCUT2D eigenvalue weighted by atomic mass is 9.88. The van der Waals surface area contributed by atoms with E-state index in [0.717, 1.165) is 23.9 Å². The molecule has 3 rings (SSSR count). The van der Waals surface area contributed by atoms with Crippen LogP contribution < -0.4 is 5.73 Å². The number of aliphatic hydroxyl groups excluding tert-OH is 1. The van der Waals surface area contributed by atoms with E-state index in [2.05, 4.69) is 5.73 Å². The molecule has 0 heterocycles. The van der Waals surface area contributed by atoms with Crippen molar-refractivity contribution in [2.75, 3.05) is 26.4 Å². The van der Waals surface area contributed by atoms with E-state index in [1.54, 1.807) is 27.7 Å². The molecule has 226 valence electrons. The Labute approximate surface area is 242 Å². The van der Waals surface area contributed by atoms with Crippen molar-refractivity contribution < 1.29 is 52.0 Å². The fraction of sp³-hybridized carbons (Fsp3) is 0.615. The number of aliphatic hydroxyl groups is 1. The molecular weight excluding hydrogens is 576 g/mol. The lowest BCUT2D eigenvalue weighted by Crippen LogP contribution is -2.36. The molecule has 0 spiro atoms. The van der Waals surface area contributed by atoms with Gasteiger partial charge in [-0.3, -0.25) is 19.2 Å². The lowest BCUT2D eigenvalue weighted by molar-refractivity contribution is -0.174. The van der Waals surface area contributed by atoms with Crippen LogP contribution in [0, 0.1) is 53.1 Å². The van der Waals surface area contributed by atoms with Crippen LogP contribution in [0.3, 0.4) is 0 Å². The third kappa shape index (κ3) is 8.76. The second-order valence-electron chi connectivity index (χ2n) is 9.65. The van der Waals surface area contributed by atoms with E-state index in [-0.39, 0.29) is 18.2 Å². The molecule has 0 bridgehead atoms. The van der Waals surface area contributed by atoms with Gasteiger partial charge in [-0.1, -0.05) is 27.7 Å². The minimum Gasteiger partial charge on any atom is -0.428 e. The number of hydrogen-bond donors (Lipinski definition) is 2. The number of benzene rings is 1. The Hall–Kier alpha value is -2.48. The first-order chi connectivity index (χ1) is 18.4. The molecule has 2 aliphatic rings. The normalized spacial score (nSPS) is 24.2. The van der Waals surface area contributed by atoms with Crippen LogP contribution in [-0.4, -0.2) is 61.5 Å². The van der Waals surface area contributed by atoms with E-state index >= 15 is 0 Å². The molecule has 2 saturated carbocycles. The van der Waals surface area contributed by atoms with E-state index in [4.69, 9.17) is 18.9 Å². The summed E-state index contributed by atoms with van der Waals surface area (Å²) >= 11 is 1.12. The Morgan fingerprint density at radius 2 is 1.35 bits per heavy atom. The predicted molar refractivity (Wildman–Crippen MR) is 142 cm³/mol. The van der Waals surface area contributed by atoms with Crippen LogP contribution in [0.1, 0.15) is 27.7 Å². The molecule has 3 N–H and O–H groups in total.